The largest absolute Gasteiger partial charge is 0.310 e. The van der Waals surface area contributed by atoms with Crippen molar-refractivity contribution in [3.63, 3.8) is 0 Å². The smallest absolute Gasteiger partial charge is 0.145 e. The first-order chi connectivity index (χ1) is 10.0. The molecule has 0 spiro atoms. The van der Waals surface area contributed by atoms with E-state index in [2.05, 4.69) is 44.3 Å². The molecule has 0 saturated heterocycles. The number of nitrogens with one attached hydrogen (secondary N) is 1. The van der Waals surface area contributed by atoms with Gasteiger partial charge in [-0.1, -0.05) is 54.4 Å². The summed E-state index contributed by atoms with van der Waals surface area (Å²) in [6, 6.07) is 11.7. The van der Waals surface area contributed by atoms with Crippen molar-refractivity contribution in [2.75, 3.05) is 6.54 Å². The monoisotopic (exact) mass is 305 g/mol. The lowest BCUT2D eigenvalue weighted by atomic mass is 9.94. The molecule has 2 rings (SSSR count). The first kappa shape index (κ1) is 16.0. The molecule has 1 atom stereocenters. The van der Waals surface area contributed by atoms with Gasteiger partial charge in [0.2, 0.25) is 0 Å². The highest BCUT2D eigenvalue weighted by atomic mass is 35.5. The third kappa shape index (κ3) is 3.84. The van der Waals surface area contributed by atoms with Crippen molar-refractivity contribution >= 4 is 11.6 Å². The van der Waals surface area contributed by atoms with Gasteiger partial charge in [-0.05, 0) is 49.6 Å². The van der Waals surface area contributed by atoms with Gasteiger partial charge in [0, 0.05) is 6.04 Å². The molecule has 0 fully saturated rings. The Balaban J connectivity index is 2.33. The molecule has 1 nitrogen and oxygen atoms in total. The number of hydrogen-bond donors (Lipinski definition) is 1. The first-order valence-corrected chi connectivity index (χ1v) is 7.64. The fraction of sp³-hybridized carbons (Fsp3) is 0.333. The van der Waals surface area contributed by atoms with Gasteiger partial charge in [0.15, 0.2) is 0 Å². The number of aryl methyl sites for hydroxylation is 2. The molecule has 2 aromatic carbocycles. The molecule has 0 aromatic heterocycles. The molecule has 0 saturated carbocycles. The van der Waals surface area contributed by atoms with Crippen molar-refractivity contribution < 1.29 is 4.39 Å². The Morgan fingerprint density at radius 3 is 2.62 bits per heavy atom. The van der Waals surface area contributed by atoms with Gasteiger partial charge < -0.3 is 5.32 Å². The van der Waals surface area contributed by atoms with Gasteiger partial charge >= 0.3 is 0 Å². The average Bonchev–Trinajstić information content (AvgIpc) is 2.43. The maximum absolute atomic E-state index is 14.1. The fourth-order valence-corrected chi connectivity index (χ4v) is 2.88. The van der Waals surface area contributed by atoms with Crippen LogP contribution in [0.5, 0.6) is 0 Å². The Kier molecular flexibility index (Phi) is 5.38. The Bertz CT molecular complexity index is 625. The SMILES string of the molecule is CCNC(Cc1cccc(Cl)c1F)c1ccc(C)cc1C. The van der Waals surface area contributed by atoms with Gasteiger partial charge in [0.25, 0.3) is 0 Å². The van der Waals surface area contributed by atoms with Crippen LogP contribution in [0.1, 0.15) is 35.2 Å². The van der Waals surface area contributed by atoms with E-state index < -0.39 is 0 Å². The predicted octanol–water partition coefficient (Wildman–Crippen LogP) is 4.99. The van der Waals surface area contributed by atoms with E-state index in [1.54, 1.807) is 18.2 Å². The molecule has 0 radical (unpaired) electrons. The van der Waals surface area contributed by atoms with Gasteiger partial charge in [0.1, 0.15) is 5.82 Å². The highest BCUT2D eigenvalue weighted by Gasteiger charge is 2.16. The van der Waals surface area contributed by atoms with Crippen molar-refractivity contribution in [1.29, 1.82) is 0 Å². The zero-order valence-electron chi connectivity index (χ0n) is 12.7. The molecular formula is C18H21ClFN. The Morgan fingerprint density at radius 2 is 1.95 bits per heavy atom. The van der Waals surface area contributed by atoms with Crippen molar-refractivity contribution in [2.24, 2.45) is 0 Å². The van der Waals surface area contributed by atoms with Crippen LogP contribution in [0.2, 0.25) is 5.02 Å². The van der Waals surface area contributed by atoms with Crippen LogP contribution in [0.4, 0.5) is 4.39 Å². The Morgan fingerprint density at radius 1 is 1.19 bits per heavy atom. The molecule has 0 heterocycles. The summed E-state index contributed by atoms with van der Waals surface area (Å²) >= 11 is 5.88. The summed E-state index contributed by atoms with van der Waals surface area (Å²) in [5, 5.41) is 3.63. The summed E-state index contributed by atoms with van der Waals surface area (Å²) in [5.41, 5.74) is 4.32. The van der Waals surface area contributed by atoms with Crippen molar-refractivity contribution in [1.82, 2.24) is 5.32 Å². The molecule has 1 N–H and O–H groups in total. The van der Waals surface area contributed by atoms with E-state index in [1.807, 2.05) is 0 Å². The van der Waals surface area contributed by atoms with E-state index in [0.29, 0.717) is 12.0 Å². The second-order valence-electron chi connectivity index (χ2n) is 5.39. The molecule has 2 aromatic rings. The lowest BCUT2D eigenvalue weighted by Gasteiger charge is -2.21. The Labute approximate surface area is 131 Å². The van der Waals surface area contributed by atoms with Crippen molar-refractivity contribution in [3.05, 3.63) is 69.5 Å². The lowest BCUT2D eigenvalue weighted by molar-refractivity contribution is 0.526. The van der Waals surface area contributed by atoms with E-state index >= 15 is 0 Å². The van der Waals surface area contributed by atoms with Crippen LogP contribution in [0.25, 0.3) is 0 Å². The van der Waals surface area contributed by atoms with E-state index in [4.69, 9.17) is 11.6 Å². The van der Waals surface area contributed by atoms with Crippen LogP contribution >= 0.6 is 11.6 Å². The Hall–Kier alpha value is -1.38. The lowest BCUT2D eigenvalue weighted by Crippen LogP contribution is -2.24. The van der Waals surface area contributed by atoms with E-state index in [1.165, 1.54) is 16.7 Å². The van der Waals surface area contributed by atoms with Gasteiger partial charge in [-0.2, -0.15) is 0 Å². The summed E-state index contributed by atoms with van der Waals surface area (Å²) < 4.78 is 14.1. The molecule has 3 heteroatoms. The fourth-order valence-electron chi connectivity index (χ4n) is 2.68. The third-order valence-electron chi connectivity index (χ3n) is 3.71. The molecule has 0 bridgehead atoms. The standard InChI is InChI=1S/C18H21ClFN/c1-4-21-17(15-9-8-12(2)10-13(15)3)11-14-6-5-7-16(19)18(14)20/h5-10,17,21H,4,11H2,1-3H3. The van der Waals surface area contributed by atoms with Crippen molar-refractivity contribution in [2.45, 2.75) is 33.2 Å². The average molecular weight is 306 g/mol. The normalized spacial score (nSPS) is 12.4. The second-order valence-corrected chi connectivity index (χ2v) is 5.79. The summed E-state index contributed by atoms with van der Waals surface area (Å²) in [6.45, 7) is 7.07. The zero-order chi connectivity index (χ0) is 15.4. The maximum atomic E-state index is 14.1. The van der Waals surface area contributed by atoms with Crippen LogP contribution in [0.15, 0.2) is 36.4 Å². The zero-order valence-corrected chi connectivity index (χ0v) is 13.5. The van der Waals surface area contributed by atoms with Crippen molar-refractivity contribution in [3.8, 4) is 0 Å². The number of benzene rings is 2. The molecular weight excluding hydrogens is 285 g/mol. The summed E-state index contributed by atoms with van der Waals surface area (Å²) in [4.78, 5) is 0. The number of rotatable bonds is 5. The highest BCUT2D eigenvalue weighted by molar-refractivity contribution is 6.30. The van der Waals surface area contributed by atoms with Crippen LogP contribution in [0, 0.1) is 19.7 Å². The molecule has 0 amide bonds. The van der Waals surface area contributed by atoms with Crippen LogP contribution < -0.4 is 5.32 Å². The minimum Gasteiger partial charge on any atom is -0.310 e. The van der Waals surface area contributed by atoms with Crippen LogP contribution in [-0.4, -0.2) is 6.54 Å². The van der Waals surface area contributed by atoms with E-state index in [0.717, 1.165) is 6.54 Å². The molecule has 112 valence electrons. The van der Waals surface area contributed by atoms with Crippen LogP contribution in [0.3, 0.4) is 0 Å². The summed E-state index contributed by atoms with van der Waals surface area (Å²) in [7, 11) is 0. The predicted molar refractivity (Wildman–Crippen MR) is 87.4 cm³/mol. The topological polar surface area (TPSA) is 12.0 Å². The summed E-state index contributed by atoms with van der Waals surface area (Å²) in [5.74, 6) is -0.313. The minimum absolute atomic E-state index is 0.0866. The minimum atomic E-state index is -0.313. The number of likely N-dealkylation sites (N-methyl/N-ethyl adjacent to an activating group) is 1. The van der Waals surface area contributed by atoms with Gasteiger partial charge in [-0.25, -0.2) is 4.39 Å². The first-order valence-electron chi connectivity index (χ1n) is 7.26. The van der Waals surface area contributed by atoms with Crippen LogP contribution in [-0.2, 0) is 6.42 Å². The molecule has 0 aliphatic heterocycles. The third-order valence-corrected chi connectivity index (χ3v) is 4.00. The molecule has 0 aliphatic rings. The molecule has 1 unspecified atom stereocenters. The number of halogens is 2. The second kappa shape index (κ2) is 7.06. The number of hydrogen-bond acceptors (Lipinski definition) is 1. The molecule has 21 heavy (non-hydrogen) atoms. The highest BCUT2D eigenvalue weighted by Crippen LogP contribution is 2.26. The maximum Gasteiger partial charge on any atom is 0.145 e. The van der Waals surface area contributed by atoms with Gasteiger partial charge in [-0.15, -0.1) is 0 Å². The summed E-state index contributed by atoms with van der Waals surface area (Å²) in [6.07, 6.45) is 0.587. The quantitative estimate of drug-likeness (QED) is 0.820. The van der Waals surface area contributed by atoms with E-state index in [-0.39, 0.29) is 16.9 Å². The molecule has 0 aliphatic carbocycles. The van der Waals surface area contributed by atoms with Gasteiger partial charge in [0.05, 0.1) is 5.02 Å². The van der Waals surface area contributed by atoms with Gasteiger partial charge in [-0.3, -0.25) is 0 Å². The van der Waals surface area contributed by atoms with E-state index in [9.17, 15) is 4.39 Å².